The lowest BCUT2D eigenvalue weighted by Gasteiger charge is -2.25. The van der Waals surface area contributed by atoms with Crippen molar-refractivity contribution in [2.45, 2.75) is 53.5 Å². The molecule has 0 spiro atoms. The van der Waals surface area contributed by atoms with Gasteiger partial charge in [0.1, 0.15) is 11.6 Å². The van der Waals surface area contributed by atoms with E-state index in [0.29, 0.717) is 0 Å². The van der Waals surface area contributed by atoms with Gasteiger partial charge in [-0.05, 0) is 32.6 Å². The monoisotopic (exact) mass is 285 g/mol. The summed E-state index contributed by atoms with van der Waals surface area (Å²) in [5.74, 6) is 1.75. The van der Waals surface area contributed by atoms with Gasteiger partial charge in [0.05, 0.1) is 5.69 Å². The summed E-state index contributed by atoms with van der Waals surface area (Å²) in [5.41, 5.74) is 8.61. The van der Waals surface area contributed by atoms with Crippen LogP contribution in [0.4, 0.5) is 5.82 Å². The third kappa shape index (κ3) is 3.46. The van der Waals surface area contributed by atoms with E-state index in [4.69, 9.17) is 10.7 Å². The number of imidazole rings is 1. The standard InChI is InChI=1S/C18H27N3/c1-17(2,3)12-14-15(19)21(18(4,5)6)16(20-14)13-10-8-7-9-11-13/h7-11H,12,19H2,1-6H3. The molecule has 0 saturated carbocycles. The van der Waals surface area contributed by atoms with Gasteiger partial charge in [-0.25, -0.2) is 4.98 Å². The first-order valence-corrected chi connectivity index (χ1v) is 7.52. The molecule has 1 aromatic heterocycles. The number of benzene rings is 1. The van der Waals surface area contributed by atoms with Crippen LogP contribution in [0.5, 0.6) is 0 Å². The number of hydrogen-bond acceptors (Lipinski definition) is 2. The molecule has 0 saturated heterocycles. The van der Waals surface area contributed by atoms with Crippen molar-refractivity contribution in [2.75, 3.05) is 5.73 Å². The van der Waals surface area contributed by atoms with Crippen molar-refractivity contribution in [3.05, 3.63) is 36.0 Å². The molecule has 0 amide bonds. The van der Waals surface area contributed by atoms with Gasteiger partial charge in [-0.2, -0.15) is 0 Å². The van der Waals surface area contributed by atoms with Crippen molar-refractivity contribution in [3.63, 3.8) is 0 Å². The highest BCUT2D eigenvalue weighted by atomic mass is 15.2. The van der Waals surface area contributed by atoms with E-state index in [1.807, 2.05) is 18.2 Å². The molecule has 2 aromatic rings. The minimum atomic E-state index is -0.0988. The Bertz CT molecular complexity index is 610. The molecular formula is C18H27N3. The van der Waals surface area contributed by atoms with Crippen LogP contribution in [0, 0.1) is 5.41 Å². The molecule has 2 rings (SSSR count). The van der Waals surface area contributed by atoms with Crippen molar-refractivity contribution >= 4 is 5.82 Å². The lowest BCUT2D eigenvalue weighted by molar-refractivity contribution is 0.399. The highest BCUT2D eigenvalue weighted by Gasteiger charge is 2.26. The SMILES string of the molecule is CC(C)(C)Cc1nc(-c2ccccc2)n(C(C)(C)C)c1N. The van der Waals surface area contributed by atoms with Crippen molar-refractivity contribution in [2.24, 2.45) is 5.41 Å². The van der Waals surface area contributed by atoms with Gasteiger partial charge in [0.15, 0.2) is 0 Å². The van der Waals surface area contributed by atoms with Crippen LogP contribution in [0.2, 0.25) is 0 Å². The summed E-state index contributed by atoms with van der Waals surface area (Å²) in [4.78, 5) is 4.87. The lowest BCUT2D eigenvalue weighted by Crippen LogP contribution is -2.24. The topological polar surface area (TPSA) is 43.8 Å². The molecule has 0 radical (unpaired) electrons. The number of nitrogens with two attached hydrogens (primary N) is 1. The third-order valence-electron chi connectivity index (χ3n) is 3.39. The Morgan fingerprint density at radius 2 is 1.57 bits per heavy atom. The maximum atomic E-state index is 6.44. The van der Waals surface area contributed by atoms with E-state index < -0.39 is 0 Å². The second-order valence-electron chi connectivity index (χ2n) is 7.88. The zero-order valence-electron chi connectivity index (χ0n) is 14.1. The van der Waals surface area contributed by atoms with Crippen LogP contribution in [-0.4, -0.2) is 9.55 Å². The van der Waals surface area contributed by atoms with E-state index in [1.165, 1.54) is 0 Å². The van der Waals surface area contributed by atoms with Crippen molar-refractivity contribution in [3.8, 4) is 11.4 Å². The number of anilines is 1. The quantitative estimate of drug-likeness (QED) is 0.884. The second kappa shape index (κ2) is 5.21. The molecule has 0 atom stereocenters. The van der Waals surface area contributed by atoms with Gasteiger partial charge in [0.2, 0.25) is 0 Å². The molecule has 0 bridgehead atoms. The Morgan fingerprint density at radius 3 is 2.05 bits per heavy atom. The molecule has 114 valence electrons. The van der Waals surface area contributed by atoms with Crippen LogP contribution in [0.25, 0.3) is 11.4 Å². The highest BCUT2D eigenvalue weighted by molar-refractivity contribution is 5.61. The summed E-state index contributed by atoms with van der Waals surface area (Å²) in [6.07, 6.45) is 0.877. The zero-order chi connectivity index (χ0) is 15.8. The molecular weight excluding hydrogens is 258 g/mol. The molecule has 3 nitrogen and oxygen atoms in total. The average molecular weight is 285 g/mol. The lowest BCUT2D eigenvalue weighted by atomic mass is 9.90. The fourth-order valence-electron chi connectivity index (χ4n) is 2.57. The normalized spacial score (nSPS) is 12.7. The molecule has 1 heterocycles. The predicted octanol–water partition coefficient (Wildman–Crippen LogP) is 4.48. The third-order valence-corrected chi connectivity index (χ3v) is 3.39. The first-order chi connectivity index (χ1) is 9.59. The van der Waals surface area contributed by atoms with Crippen LogP contribution in [-0.2, 0) is 12.0 Å². The summed E-state index contributed by atoms with van der Waals surface area (Å²) in [6, 6.07) is 10.3. The van der Waals surface area contributed by atoms with Gasteiger partial charge in [0, 0.05) is 11.1 Å². The van der Waals surface area contributed by atoms with E-state index in [9.17, 15) is 0 Å². The fraction of sp³-hybridized carbons (Fsp3) is 0.500. The molecule has 2 N–H and O–H groups in total. The predicted molar refractivity (Wildman–Crippen MR) is 90.2 cm³/mol. The maximum Gasteiger partial charge on any atom is 0.142 e. The summed E-state index contributed by atoms with van der Waals surface area (Å²) in [6.45, 7) is 13.1. The Kier molecular flexibility index (Phi) is 3.87. The molecule has 1 aromatic carbocycles. The molecule has 0 aliphatic heterocycles. The van der Waals surface area contributed by atoms with Crippen LogP contribution in [0.15, 0.2) is 30.3 Å². The Labute approximate surface area is 128 Å². The molecule has 0 aliphatic rings. The van der Waals surface area contributed by atoms with Gasteiger partial charge in [0.25, 0.3) is 0 Å². The second-order valence-corrected chi connectivity index (χ2v) is 7.88. The molecule has 0 unspecified atom stereocenters. The van der Waals surface area contributed by atoms with Gasteiger partial charge in [-0.3, -0.25) is 0 Å². The van der Waals surface area contributed by atoms with E-state index in [0.717, 1.165) is 29.3 Å². The summed E-state index contributed by atoms with van der Waals surface area (Å²) >= 11 is 0. The first-order valence-electron chi connectivity index (χ1n) is 7.52. The Hall–Kier alpha value is -1.77. The van der Waals surface area contributed by atoms with Crippen LogP contribution in [0.1, 0.15) is 47.2 Å². The minimum absolute atomic E-state index is 0.0988. The largest absolute Gasteiger partial charge is 0.384 e. The Balaban J connectivity index is 2.62. The van der Waals surface area contributed by atoms with Crippen molar-refractivity contribution in [1.82, 2.24) is 9.55 Å². The minimum Gasteiger partial charge on any atom is -0.384 e. The number of hydrogen-bond donors (Lipinski definition) is 1. The van der Waals surface area contributed by atoms with Crippen LogP contribution in [0.3, 0.4) is 0 Å². The first kappa shape index (κ1) is 15.6. The molecule has 0 aliphatic carbocycles. The number of aromatic nitrogens is 2. The highest BCUT2D eigenvalue weighted by Crippen LogP contribution is 2.33. The summed E-state index contributed by atoms with van der Waals surface area (Å²) in [7, 11) is 0. The van der Waals surface area contributed by atoms with Gasteiger partial charge in [-0.15, -0.1) is 0 Å². The Morgan fingerprint density at radius 1 is 1.00 bits per heavy atom. The summed E-state index contributed by atoms with van der Waals surface area (Å²) in [5, 5.41) is 0. The van der Waals surface area contributed by atoms with E-state index in [1.54, 1.807) is 0 Å². The van der Waals surface area contributed by atoms with E-state index in [2.05, 4.69) is 58.2 Å². The van der Waals surface area contributed by atoms with E-state index in [-0.39, 0.29) is 11.0 Å². The number of rotatable bonds is 2. The van der Waals surface area contributed by atoms with Gasteiger partial charge < -0.3 is 10.3 Å². The van der Waals surface area contributed by atoms with Gasteiger partial charge >= 0.3 is 0 Å². The summed E-state index contributed by atoms with van der Waals surface area (Å²) < 4.78 is 2.16. The molecule has 0 fully saturated rings. The van der Waals surface area contributed by atoms with Crippen LogP contribution < -0.4 is 5.73 Å². The number of nitrogen functional groups attached to an aromatic ring is 1. The van der Waals surface area contributed by atoms with Crippen molar-refractivity contribution < 1.29 is 0 Å². The van der Waals surface area contributed by atoms with Gasteiger partial charge in [-0.1, -0.05) is 51.1 Å². The van der Waals surface area contributed by atoms with Crippen molar-refractivity contribution in [1.29, 1.82) is 0 Å². The fourth-order valence-corrected chi connectivity index (χ4v) is 2.57. The molecule has 3 heteroatoms. The maximum absolute atomic E-state index is 6.44. The molecule has 21 heavy (non-hydrogen) atoms. The smallest absolute Gasteiger partial charge is 0.142 e. The van der Waals surface area contributed by atoms with E-state index >= 15 is 0 Å². The average Bonchev–Trinajstić information content (AvgIpc) is 2.65. The van der Waals surface area contributed by atoms with Crippen LogP contribution >= 0.6 is 0 Å². The number of nitrogens with zero attached hydrogens (tertiary/aromatic N) is 2. The zero-order valence-corrected chi connectivity index (χ0v) is 14.1.